The zero-order valence-electron chi connectivity index (χ0n) is 9.65. The third-order valence-electron chi connectivity index (χ3n) is 1.77. The van der Waals surface area contributed by atoms with E-state index in [1.807, 2.05) is 0 Å². The maximum atomic E-state index is 12.4. The van der Waals surface area contributed by atoms with Gasteiger partial charge in [0.2, 0.25) is 5.82 Å². The van der Waals surface area contributed by atoms with E-state index in [-0.39, 0.29) is 19.0 Å². The van der Waals surface area contributed by atoms with Crippen molar-refractivity contribution in [1.29, 1.82) is 0 Å². The second-order valence-corrected chi connectivity index (χ2v) is 3.88. The summed E-state index contributed by atoms with van der Waals surface area (Å²) in [6, 6.07) is 1.01. The fourth-order valence-electron chi connectivity index (χ4n) is 1.07. The molecule has 1 N–H and O–H groups in total. The van der Waals surface area contributed by atoms with Gasteiger partial charge in [-0.05, 0) is 0 Å². The van der Waals surface area contributed by atoms with E-state index in [1.165, 1.54) is 0 Å². The van der Waals surface area contributed by atoms with Crippen molar-refractivity contribution in [2.75, 3.05) is 25.1 Å². The van der Waals surface area contributed by atoms with Crippen LogP contribution in [0.1, 0.15) is 5.82 Å². The summed E-state index contributed by atoms with van der Waals surface area (Å²) in [4.78, 5) is 6.13. The van der Waals surface area contributed by atoms with Crippen molar-refractivity contribution in [3.8, 4) is 0 Å². The van der Waals surface area contributed by atoms with Crippen LogP contribution in [0.4, 0.5) is 32.2 Å². The van der Waals surface area contributed by atoms with Crippen LogP contribution in [0.25, 0.3) is 0 Å². The number of alkyl halides is 6. The third kappa shape index (κ3) is 6.24. The molecule has 1 aromatic rings. The van der Waals surface area contributed by atoms with Gasteiger partial charge in [0, 0.05) is 12.6 Å². The van der Waals surface area contributed by atoms with Crippen molar-refractivity contribution in [1.82, 2.24) is 9.97 Å². The van der Waals surface area contributed by atoms with E-state index in [4.69, 9.17) is 11.6 Å². The molecule has 1 aromatic heterocycles. The van der Waals surface area contributed by atoms with Crippen LogP contribution < -0.4 is 5.32 Å². The first-order valence-electron chi connectivity index (χ1n) is 5.08. The van der Waals surface area contributed by atoms with E-state index >= 15 is 0 Å². The summed E-state index contributed by atoms with van der Waals surface area (Å²) in [5.74, 6) is -1.70. The molecule has 0 aliphatic carbocycles. The minimum atomic E-state index is -4.77. The third-order valence-corrected chi connectivity index (χ3v) is 1.96. The van der Waals surface area contributed by atoms with Crippen LogP contribution in [0.15, 0.2) is 6.07 Å². The van der Waals surface area contributed by atoms with E-state index in [0.717, 1.165) is 6.07 Å². The minimum Gasteiger partial charge on any atom is -0.370 e. The van der Waals surface area contributed by atoms with Gasteiger partial charge < -0.3 is 10.1 Å². The first kappa shape index (κ1) is 16.8. The molecule has 114 valence electrons. The number of ether oxygens (including phenoxy) is 1. The van der Waals surface area contributed by atoms with Gasteiger partial charge in [0.15, 0.2) is 0 Å². The van der Waals surface area contributed by atoms with Gasteiger partial charge in [-0.15, -0.1) is 0 Å². The Morgan fingerprint density at radius 3 is 2.35 bits per heavy atom. The maximum absolute atomic E-state index is 12.4. The predicted octanol–water partition coefficient (Wildman–Crippen LogP) is 3.14. The molecule has 0 aliphatic heterocycles. The molecule has 0 saturated carbocycles. The normalized spacial score (nSPS) is 12.6. The van der Waals surface area contributed by atoms with Gasteiger partial charge in [0.05, 0.1) is 6.61 Å². The average Bonchev–Trinajstić information content (AvgIpc) is 2.25. The highest BCUT2D eigenvalue weighted by molar-refractivity contribution is 6.29. The topological polar surface area (TPSA) is 47.0 Å². The first-order chi connectivity index (χ1) is 9.08. The zero-order valence-corrected chi connectivity index (χ0v) is 10.4. The van der Waals surface area contributed by atoms with Crippen LogP contribution >= 0.6 is 11.6 Å². The Kier molecular flexibility index (Phi) is 5.40. The Morgan fingerprint density at radius 2 is 1.80 bits per heavy atom. The molecule has 1 rings (SSSR count). The molecule has 0 fully saturated rings. The largest absolute Gasteiger partial charge is 0.451 e. The summed E-state index contributed by atoms with van der Waals surface area (Å²) >= 11 is 5.38. The Bertz CT molecular complexity index is 450. The number of nitrogens with one attached hydrogen (secondary N) is 1. The van der Waals surface area contributed by atoms with Crippen LogP contribution in [0.2, 0.25) is 5.15 Å². The average molecular weight is 324 g/mol. The first-order valence-corrected chi connectivity index (χ1v) is 5.46. The quantitative estimate of drug-likeness (QED) is 0.514. The summed E-state index contributed by atoms with van der Waals surface area (Å²) in [7, 11) is 0. The molecule has 0 bridgehead atoms. The Balaban J connectivity index is 2.50. The van der Waals surface area contributed by atoms with Gasteiger partial charge in [-0.1, -0.05) is 11.6 Å². The molecule has 0 saturated heterocycles. The fourth-order valence-corrected chi connectivity index (χ4v) is 1.26. The smallest absolute Gasteiger partial charge is 0.370 e. The van der Waals surface area contributed by atoms with Crippen molar-refractivity contribution in [3.05, 3.63) is 17.0 Å². The van der Waals surface area contributed by atoms with Crippen LogP contribution in [0.5, 0.6) is 0 Å². The molecule has 11 heteroatoms. The summed E-state index contributed by atoms with van der Waals surface area (Å²) in [6.45, 7) is -1.96. The van der Waals surface area contributed by atoms with Gasteiger partial charge >= 0.3 is 12.4 Å². The summed E-state index contributed by atoms with van der Waals surface area (Å²) in [5, 5.41) is 1.92. The number of hydrogen-bond donors (Lipinski definition) is 1. The highest BCUT2D eigenvalue weighted by Crippen LogP contribution is 2.28. The number of anilines is 1. The van der Waals surface area contributed by atoms with E-state index in [0.29, 0.717) is 0 Å². The van der Waals surface area contributed by atoms with E-state index in [9.17, 15) is 26.3 Å². The lowest BCUT2D eigenvalue weighted by Crippen LogP contribution is -2.20. The number of halogens is 7. The van der Waals surface area contributed by atoms with E-state index in [1.54, 1.807) is 0 Å². The lowest BCUT2D eigenvalue weighted by molar-refractivity contribution is -0.172. The molecule has 20 heavy (non-hydrogen) atoms. The lowest BCUT2D eigenvalue weighted by atomic mass is 10.5. The van der Waals surface area contributed by atoms with Gasteiger partial charge in [0.1, 0.15) is 17.6 Å². The molecular formula is C9H8ClF6N3O. The molecule has 0 radical (unpaired) electrons. The van der Waals surface area contributed by atoms with Crippen LogP contribution in [0, 0.1) is 0 Å². The summed E-state index contributed by atoms with van der Waals surface area (Å²) in [5.41, 5.74) is 0. The molecule has 0 unspecified atom stereocenters. The van der Waals surface area contributed by atoms with Crippen molar-refractivity contribution in [2.24, 2.45) is 0 Å². The molecule has 0 spiro atoms. The predicted molar refractivity (Wildman–Crippen MR) is 57.4 cm³/mol. The summed E-state index contributed by atoms with van der Waals surface area (Å²) in [6.07, 6.45) is -9.23. The van der Waals surface area contributed by atoms with Crippen LogP contribution in [-0.2, 0) is 10.9 Å². The molecule has 0 aromatic carbocycles. The second kappa shape index (κ2) is 6.44. The molecule has 0 atom stereocenters. The van der Waals surface area contributed by atoms with Gasteiger partial charge in [-0.25, -0.2) is 9.97 Å². The van der Waals surface area contributed by atoms with Crippen LogP contribution in [0.3, 0.4) is 0 Å². The second-order valence-electron chi connectivity index (χ2n) is 3.49. The van der Waals surface area contributed by atoms with Gasteiger partial charge in [0.25, 0.3) is 0 Å². The fraction of sp³-hybridized carbons (Fsp3) is 0.556. The summed E-state index contributed by atoms with van der Waals surface area (Å²) < 4.78 is 76.5. The molecule has 4 nitrogen and oxygen atoms in total. The molecule has 0 amide bonds. The molecule has 1 heterocycles. The van der Waals surface area contributed by atoms with Crippen LogP contribution in [-0.4, -0.2) is 35.9 Å². The van der Waals surface area contributed by atoms with Crippen molar-refractivity contribution in [3.63, 3.8) is 0 Å². The molecular weight excluding hydrogens is 316 g/mol. The van der Waals surface area contributed by atoms with Gasteiger partial charge in [-0.2, -0.15) is 26.3 Å². The highest BCUT2D eigenvalue weighted by Gasteiger charge is 2.35. The highest BCUT2D eigenvalue weighted by atomic mass is 35.5. The SMILES string of the molecule is FC(F)(F)COCCNc1cc(Cl)nc(C(F)(F)F)n1. The van der Waals surface area contributed by atoms with E-state index in [2.05, 4.69) is 20.0 Å². The van der Waals surface area contributed by atoms with Crippen molar-refractivity contribution in [2.45, 2.75) is 12.4 Å². The number of hydrogen-bond acceptors (Lipinski definition) is 4. The Morgan fingerprint density at radius 1 is 1.15 bits per heavy atom. The lowest BCUT2D eigenvalue weighted by Gasteiger charge is -2.10. The number of aromatic nitrogens is 2. The number of rotatable bonds is 5. The maximum Gasteiger partial charge on any atom is 0.451 e. The molecule has 0 aliphatic rings. The van der Waals surface area contributed by atoms with Gasteiger partial charge in [-0.3, -0.25) is 0 Å². The zero-order chi connectivity index (χ0) is 15.4. The standard InChI is InChI=1S/C9H8ClF6N3O/c10-5-3-6(19-7(18-5)9(14,15)16)17-1-2-20-4-8(11,12)13/h3H,1-2,4H2,(H,17,18,19). The Hall–Kier alpha value is -1.29. The van der Waals surface area contributed by atoms with Crippen molar-refractivity contribution < 1.29 is 31.1 Å². The number of nitrogens with zero attached hydrogens (tertiary/aromatic N) is 2. The van der Waals surface area contributed by atoms with Crippen molar-refractivity contribution >= 4 is 17.4 Å². The van der Waals surface area contributed by atoms with E-state index < -0.39 is 29.9 Å². The monoisotopic (exact) mass is 323 g/mol. The minimum absolute atomic E-state index is 0.166. The Labute approximate surface area is 114 Å².